The Morgan fingerprint density at radius 3 is 2.75 bits per heavy atom. The van der Waals surface area contributed by atoms with E-state index in [1.54, 1.807) is 19.2 Å². The summed E-state index contributed by atoms with van der Waals surface area (Å²) in [5.41, 5.74) is 0.591. The molecule has 1 aromatic heterocycles. The number of aromatic hydroxyl groups is 1. The first-order chi connectivity index (χ1) is 11.6. The molecule has 1 saturated carbocycles. The van der Waals surface area contributed by atoms with Crippen LogP contribution < -0.4 is 16.2 Å². The van der Waals surface area contributed by atoms with E-state index in [0.717, 1.165) is 25.7 Å². The normalized spacial score (nSPS) is 26.9. The standard InChI is InChI=1S/C18H21N3O3/c1-21-13-9-5-3-7-11(13)15(22)14(18(21)24)16-19-12-8-4-2-6-10(12)17(23)20-16/h3,5,7,9-10,12,16,19,22H,2,4,6,8H2,1H3,(H,20,23). The fraction of sp³-hybridized carbons (Fsp3) is 0.444. The zero-order chi connectivity index (χ0) is 16.8. The van der Waals surface area contributed by atoms with Gasteiger partial charge in [0.1, 0.15) is 11.9 Å². The molecule has 3 unspecified atom stereocenters. The first kappa shape index (κ1) is 15.2. The van der Waals surface area contributed by atoms with Crippen LogP contribution in [0.2, 0.25) is 0 Å². The lowest BCUT2D eigenvalue weighted by Crippen LogP contribution is -2.58. The summed E-state index contributed by atoms with van der Waals surface area (Å²) >= 11 is 0. The molecule has 24 heavy (non-hydrogen) atoms. The van der Waals surface area contributed by atoms with E-state index in [-0.39, 0.29) is 34.7 Å². The van der Waals surface area contributed by atoms with Crippen molar-refractivity contribution in [1.29, 1.82) is 0 Å². The average molecular weight is 327 g/mol. The van der Waals surface area contributed by atoms with Crippen LogP contribution in [0.5, 0.6) is 5.75 Å². The number of nitrogens with one attached hydrogen (secondary N) is 2. The topological polar surface area (TPSA) is 83.4 Å². The fourth-order valence-corrected chi connectivity index (χ4v) is 4.07. The molecule has 3 N–H and O–H groups in total. The third kappa shape index (κ3) is 2.21. The highest BCUT2D eigenvalue weighted by Crippen LogP contribution is 2.33. The number of benzene rings is 1. The van der Waals surface area contributed by atoms with Gasteiger partial charge in [-0.3, -0.25) is 14.9 Å². The van der Waals surface area contributed by atoms with Crippen LogP contribution in [0.1, 0.15) is 37.4 Å². The smallest absolute Gasteiger partial charge is 0.261 e. The zero-order valence-electron chi connectivity index (χ0n) is 13.6. The molecule has 2 fully saturated rings. The molecule has 1 saturated heterocycles. The lowest BCUT2D eigenvalue weighted by atomic mass is 9.82. The molecule has 0 radical (unpaired) electrons. The molecule has 6 nitrogen and oxygen atoms in total. The second-order valence-corrected chi connectivity index (χ2v) is 6.75. The van der Waals surface area contributed by atoms with Gasteiger partial charge >= 0.3 is 0 Å². The first-order valence-electron chi connectivity index (χ1n) is 8.45. The molecule has 1 aliphatic carbocycles. The Morgan fingerprint density at radius 2 is 1.92 bits per heavy atom. The molecule has 2 heterocycles. The van der Waals surface area contributed by atoms with E-state index in [9.17, 15) is 14.7 Å². The monoisotopic (exact) mass is 327 g/mol. The van der Waals surface area contributed by atoms with E-state index in [4.69, 9.17) is 0 Å². The van der Waals surface area contributed by atoms with E-state index >= 15 is 0 Å². The van der Waals surface area contributed by atoms with Crippen LogP contribution in [0.3, 0.4) is 0 Å². The Bertz CT molecular complexity index is 874. The molecule has 2 aromatic rings. The summed E-state index contributed by atoms with van der Waals surface area (Å²) in [5.74, 6) is -0.125. The van der Waals surface area contributed by atoms with Gasteiger partial charge in [0.2, 0.25) is 5.91 Å². The number of aryl methyl sites for hydroxylation is 1. The van der Waals surface area contributed by atoms with Gasteiger partial charge in [-0.1, -0.05) is 25.0 Å². The number of hydrogen-bond donors (Lipinski definition) is 3. The highest BCUT2D eigenvalue weighted by Gasteiger charge is 2.39. The number of carbonyl (C=O) groups is 1. The molecule has 1 aromatic carbocycles. The first-order valence-corrected chi connectivity index (χ1v) is 8.45. The maximum atomic E-state index is 12.8. The van der Waals surface area contributed by atoms with Crippen molar-refractivity contribution in [3.8, 4) is 5.75 Å². The Balaban J connectivity index is 1.82. The highest BCUT2D eigenvalue weighted by molar-refractivity contribution is 5.87. The van der Waals surface area contributed by atoms with E-state index in [2.05, 4.69) is 10.6 Å². The number of rotatable bonds is 1. The molecule has 4 rings (SSSR count). The van der Waals surface area contributed by atoms with Gasteiger partial charge in [-0.25, -0.2) is 0 Å². The van der Waals surface area contributed by atoms with Gasteiger partial charge in [-0.15, -0.1) is 0 Å². The minimum atomic E-state index is -0.653. The summed E-state index contributed by atoms with van der Waals surface area (Å²) < 4.78 is 1.52. The quantitative estimate of drug-likeness (QED) is 0.741. The number of para-hydroxylation sites is 1. The summed E-state index contributed by atoms with van der Waals surface area (Å²) in [4.78, 5) is 25.2. The SMILES string of the molecule is Cn1c(=O)c(C2NC(=O)C3CCCCC3N2)c(O)c2ccccc21. The van der Waals surface area contributed by atoms with Crippen molar-refractivity contribution < 1.29 is 9.90 Å². The number of pyridine rings is 1. The van der Waals surface area contributed by atoms with Crippen molar-refractivity contribution in [2.75, 3.05) is 0 Å². The fourth-order valence-electron chi connectivity index (χ4n) is 4.07. The summed E-state index contributed by atoms with van der Waals surface area (Å²) in [7, 11) is 1.68. The molecule has 3 atom stereocenters. The predicted molar refractivity (Wildman–Crippen MR) is 90.6 cm³/mol. The second-order valence-electron chi connectivity index (χ2n) is 6.75. The Morgan fingerprint density at radius 1 is 1.17 bits per heavy atom. The molecule has 2 aliphatic rings. The molecule has 1 amide bonds. The van der Waals surface area contributed by atoms with Gasteiger partial charge in [-0.2, -0.15) is 0 Å². The number of fused-ring (bicyclic) bond motifs is 2. The highest BCUT2D eigenvalue weighted by atomic mass is 16.3. The van der Waals surface area contributed by atoms with E-state index < -0.39 is 6.17 Å². The van der Waals surface area contributed by atoms with Gasteiger partial charge in [0, 0.05) is 18.5 Å². The van der Waals surface area contributed by atoms with Crippen molar-refractivity contribution in [3.63, 3.8) is 0 Å². The van der Waals surface area contributed by atoms with Crippen molar-refractivity contribution in [2.45, 2.75) is 37.9 Å². The third-order valence-corrected chi connectivity index (χ3v) is 5.37. The second kappa shape index (κ2) is 5.63. The third-order valence-electron chi connectivity index (χ3n) is 5.37. The summed E-state index contributed by atoms with van der Waals surface area (Å²) in [5, 5.41) is 17.5. The maximum absolute atomic E-state index is 12.8. The molecule has 0 bridgehead atoms. The van der Waals surface area contributed by atoms with Gasteiger partial charge in [0.05, 0.1) is 17.0 Å². The van der Waals surface area contributed by atoms with E-state index in [1.165, 1.54) is 4.57 Å². The van der Waals surface area contributed by atoms with E-state index in [0.29, 0.717) is 10.9 Å². The number of nitrogens with zero attached hydrogens (tertiary/aromatic N) is 1. The van der Waals surface area contributed by atoms with Crippen LogP contribution in [0.25, 0.3) is 10.9 Å². The minimum Gasteiger partial charge on any atom is -0.507 e. The maximum Gasteiger partial charge on any atom is 0.261 e. The molecule has 1 aliphatic heterocycles. The van der Waals surface area contributed by atoms with Crippen LogP contribution in [-0.2, 0) is 11.8 Å². The minimum absolute atomic E-state index is 0.0296. The summed E-state index contributed by atoms with van der Waals surface area (Å²) in [6, 6.07) is 7.29. The van der Waals surface area contributed by atoms with Crippen LogP contribution in [0.4, 0.5) is 0 Å². The van der Waals surface area contributed by atoms with Crippen LogP contribution in [0.15, 0.2) is 29.1 Å². The van der Waals surface area contributed by atoms with Gasteiger partial charge < -0.3 is 15.0 Å². The molecular formula is C18H21N3O3. The Labute approximate surface area is 139 Å². The van der Waals surface area contributed by atoms with E-state index in [1.807, 2.05) is 12.1 Å². The lowest BCUT2D eigenvalue weighted by Gasteiger charge is -2.40. The van der Waals surface area contributed by atoms with Gasteiger partial charge in [0.15, 0.2) is 0 Å². The Hall–Kier alpha value is -2.34. The number of carbonyl (C=O) groups excluding carboxylic acids is 1. The zero-order valence-corrected chi connectivity index (χ0v) is 13.6. The van der Waals surface area contributed by atoms with Gasteiger partial charge in [-0.05, 0) is 25.0 Å². The summed E-state index contributed by atoms with van der Waals surface area (Å²) in [6.07, 6.45) is 3.28. The number of amides is 1. The average Bonchev–Trinajstić information content (AvgIpc) is 2.60. The van der Waals surface area contributed by atoms with Crippen molar-refractivity contribution >= 4 is 16.8 Å². The van der Waals surface area contributed by atoms with Crippen molar-refractivity contribution in [3.05, 3.63) is 40.2 Å². The van der Waals surface area contributed by atoms with Crippen LogP contribution in [-0.4, -0.2) is 21.6 Å². The van der Waals surface area contributed by atoms with Crippen molar-refractivity contribution in [1.82, 2.24) is 15.2 Å². The van der Waals surface area contributed by atoms with Gasteiger partial charge in [0.25, 0.3) is 5.56 Å². The summed E-state index contributed by atoms with van der Waals surface area (Å²) in [6.45, 7) is 0. The number of hydrogen-bond acceptors (Lipinski definition) is 4. The molecule has 126 valence electrons. The molecule has 6 heteroatoms. The molecular weight excluding hydrogens is 306 g/mol. The van der Waals surface area contributed by atoms with Crippen LogP contribution >= 0.6 is 0 Å². The molecule has 0 spiro atoms. The Kier molecular flexibility index (Phi) is 3.57. The number of aromatic nitrogens is 1. The lowest BCUT2D eigenvalue weighted by molar-refractivity contribution is -0.130. The largest absolute Gasteiger partial charge is 0.507 e. The predicted octanol–water partition coefficient (Wildman–Crippen LogP) is 1.52. The van der Waals surface area contributed by atoms with Crippen LogP contribution in [0, 0.1) is 5.92 Å². The van der Waals surface area contributed by atoms with Crippen molar-refractivity contribution in [2.24, 2.45) is 13.0 Å².